The second kappa shape index (κ2) is 5.62. The van der Waals surface area contributed by atoms with Crippen molar-refractivity contribution in [3.8, 4) is 0 Å². The zero-order valence-electron chi connectivity index (χ0n) is 12.6. The molecule has 0 bridgehead atoms. The molecule has 0 amide bonds. The molecule has 1 aliphatic heterocycles. The number of aliphatic hydroxyl groups is 1. The molecule has 2 heterocycles. The zero-order chi connectivity index (χ0) is 15.0. The molecule has 4 heteroatoms. The molecule has 0 radical (unpaired) electrons. The normalized spacial score (nSPS) is 19.0. The van der Waals surface area contributed by atoms with Gasteiger partial charge in [-0.15, -0.1) is 0 Å². The van der Waals surface area contributed by atoms with Crippen molar-refractivity contribution < 1.29 is 9.90 Å². The molecular weight excluding hydrogens is 264 g/mol. The number of hydrogen-bond acceptors (Lipinski definition) is 3. The van der Waals surface area contributed by atoms with Crippen LogP contribution in [0.1, 0.15) is 35.8 Å². The molecule has 2 N–H and O–H groups in total. The van der Waals surface area contributed by atoms with Gasteiger partial charge in [-0.2, -0.15) is 0 Å². The fourth-order valence-corrected chi connectivity index (χ4v) is 3.24. The Bertz CT molecular complexity index is 654. The van der Waals surface area contributed by atoms with Crippen molar-refractivity contribution in [1.29, 1.82) is 0 Å². The number of nitrogens with zero attached hydrogens (tertiary/aromatic N) is 1. The van der Waals surface area contributed by atoms with Gasteiger partial charge >= 0.3 is 0 Å². The number of hydrogen-bond donors (Lipinski definition) is 2. The minimum absolute atomic E-state index is 0.143. The number of likely N-dealkylation sites (tertiary alicyclic amines) is 1. The molecule has 1 aromatic heterocycles. The average Bonchev–Trinajstić information content (AvgIpc) is 2.82. The highest BCUT2D eigenvalue weighted by Crippen LogP contribution is 2.25. The maximum atomic E-state index is 12.9. The summed E-state index contributed by atoms with van der Waals surface area (Å²) in [4.78, 5) is 18.4. The van der Waals surface area contributed by atoms with Gasteiger partial charge in [0.05, 0.1) is 12.1 Å². The van der Waals surface area contributed by atoms with Crippen LogP contribution in [0.3, 0.4) is 0 Å². The maximum absolute atomic E-state index is 12.9. The molecule has 1 atom stereocenters. The lowest BCUT2D eigenvalue weighted by Gasteiger charge is -2.33. The molecule has 1 aliphatic rings. The lowest BCUT2D eigenvalue weighted by Crippen LogP contribution is -2.45. The van der Waals surface area contributed by atoms with E-state index in [-0.39, 0.29) is 17.9 Å². The summed E-state index contributed by atoms with van der Waals surface area (Å²) >= 11 is 0. The van der Waals surface area contributed by atoms with Crippen LogP contribution in [0.4, 0.5) is 0 Å². The summed E-state index contributed by atoms with van der Waals surface area (Å²) in [7, 11) is 0. The maximum Gasteiger partial charge on any atom is 0.182 e. The smallest absolute Gasteiger partial charge is 0.182 e. The first kappa shape index (κ1) is 14.3. The molecule has 112 valence electrons. The van der Waals surface area contributed by atoms with Crippen LogP contribution >= 0.6 is 0 Å². The number of rotatable bonds is 3. The SMILES string of the molecule is Cc1[nH]c2ccccc2c1C(=O)C(C)N1CCC(O)CC1. The van der Waals surface area contributed by atoms with Gasteiger partial charge in [-0.05, 0) is 32.8 Å². The van der Waals surface area contributed by atoms with E-state index in [4.69, 9.17) is 0 Å². The molecule has 0 aliphatic carbocycles. The third kappa shape index (κ3) is 2.61. The Morgan fingerprint density at radius 2 is 2.00 bits per heavy atom. The van der Waals surface area contributed by atoms with Crippen molar-refractivity contribution in [2.45, 2.75) is 38.8 Å². The number of aliphatic hydroxyl groups excluding tert-OH is 1. The number of ketones is 1. The van der Waals surface area contributed by atoms with Crippen LogP contribution in [0.25, 0.3) is 10.9 Å². The van der Waals surface area contributed by atoms with Crippen molar-refractivity contribution in [3.05, 3.63) is 35.5 Å². The average molecular weight is 286 g/mol. The van der Waals surface area contributed by atoms with Crippen molar-refractivity contribution >= 4 is 16.7 Å². The fourth-order valence-electron chi connectivity index (χ4n) is 3.24. The number of piperidine rings is 1. The van der Waals surface area contributed by atoms with E-state index in [1.165, 1.54) is 0 Å². The number of aromatic nitrogens is 1. The Hall–Kier alpha value is -1.65. The van der Waals surface area contributed by atoms with E-state index >= 15 is 0 Å². The molecule has 2 aromatic rings. The second-order valence-corrected chi connectivity index (χ2v) is 5.98. The van der Waals surface area contributed by atoms with Gasteiger partial charge in [0.15, 0.2) is 5.78 Å². The van der Waals surface area contributed by atoms with E-state index in [0.29, 0.717) is 0 Å². The predicted octanol–water partition coefficient (Wildman–Crippen LogP) is 2.50. The van der Waals surface area contributed by atoms with Gasteiger partial charge in [-0.3, -0.25) is 9.69 Å². The van der Waals surface area contributed by atoms with Gasteiger partial charge in [-0.25, -0.2) is 0 Å². The molecule has 0 saturated carbocycles. The summed E-state index contributed by atoms with van der Waals surface area (Å²) in [5.41, 5.74) is 2.76. The van der Waals surface area contributed by atoms with E-state index in [2.05, 4.69) is 9.88 Å². The summed E-state index contributed by atoms with van der Waals surface area (Å²) in [6, 6.07) is 7.80. The van der Waals surface area contributed by atoms with Crippen molar-refractivity contribution in [1.82, 2.24) is 9.88 Å². The van der Waals surface area contributed by atoms with E-state index in [1.54, 1.807) is 0 Å². The van der Waals surface area contributed by atoms with E-state index in [1.807, 2.05) is 38.1 Å². The number of carbonyl (C=O) groups excluding carboxylic acids is 1. The van der Waals surface area contributed by atoms with Crippen LogP contribution in [-0.2, 0) is 0 Å². The quantitative estimate of drug-likeness (QED) is 0.852. The van der Waals surface area contributed by atoms with Crippen LogP contribution < -0.4 is 0 Å². The van der Waals surface area contributed by atoms with Gasteiger partial charge in [0, 0.05) is 35.2 Å². The minimum Gasteiger partial charge on any atom is -0.393 e. The lowest BCUT2D eigenvalue weighted by molar-refractivity contribution is 0.0549. The van der Waals surface area contributed by atoms with Crippen LogP contribution in [0.5, 0.6) is 0 Å². The molecule has 1 unspecified atom stereocenters. The lowest BCUT2D eigenvalue weighted by atomic mass is 9.98. The number of nitrogens with one attached hydrogen (secondary N) is 1. The summed E-state index contributed by atoms with van der Waals surface area (Å²) in [6.45, 7) is 5.51. The van der Waals surface area contributed by atoms with Gasteiger partial charge < -0.3 is 10.1 Å². The summed E-state index contributed by atoms with van der Waals surface area (Å²) in [6.07, 6.45) is 1.30. The van der Waals surface area contributed by atoms with Crippen LogP contribution in [-0.4, -0.2) is 46.0 Å². The standard InChI is InChI=1S/C17H22N2O2/c1-11-16(14-5-3-4-6-15(14)18-11)17(21)12(2)19-9-7-13(20)8-10-19/h3-6,12-13,18,20H,7-10H2,1-2H3. The first-order valence-corrected chi connectivity index (χ1v) is 7.61. The third-order valence-electron chi connectivity index (χ3n) is 4.57. The minimum atomic E-state index is -0.210. The fraction of sp³-hybridized carbons (Fsp3) is 0.471. The van der Waals surface area contributed by atoms with Crippen LogP contribution in [0.15, 0.2) is 24.3 Å². The molecule has 21 heavy (non-hydrogen) atoms. The number of aromatic amines is 1. The highest BCUT2D eigenvalue weighted by atomic mass is 16.3. The van der Waals surface area contributed by atoms with Crippen LogP contribution in [0, 0.1) is 6.92 Å². The topological polar surface area (TPSA) is 56.3 Å². The summed E-state index contributed by atoms with van der Waals surface area (Å²) < 4.78 is 0. The number of aryl methyl sites for hydroxylation is 1. The highest BCUT2D eigenvalue weighted by Gasteiger charge is 2.28. The summed E-state index contributed by atoms with van der Waals surface area (Å²) in [5.74, 6) is 0.168. The number of H-pyrrole nitrogens is 1. The van der Waals surface area contributed by atoms with E-state index in [9.17, 15) is 9.90 Å². The largest absolute Gasteiger partial charge is 0.393 e. The zero-order valence-corrected chi connectivity index (χ0v) is 12.6. The van der Waals surface area contributed by atoms with E-state index < -0.39 is 0 Å². The first-order chi connectivity index (χ1) is 10.1. The third-order valence-corrected chi connectivity index (χ3v) is 4.57. The molecule has 1 aromatic carbocycles. The van der Waals surface area contributed by atoms with Crippen LogP contribution in [0.2, 0.25) is 0 Å². The van der Waals surface area contributed by atoms with Gasteiger partial charge in [0.1, 0.15) is 0 Å². The van der Waals surface area contributed by atoms with Gasteiger partial charge in [-0.1, -0.05) is 18.2 Å². The summed E-state index contributed by atoms with van der Waals surface area (Å²) in [5, 5.41) is 10.6. The highest BCUT2D eigenvalue weighted by molar-refractivity contribution is 6.11. The molecule has 3 rings (SSSR count). The number of para-hydroxylation sites is 1. The predicted molar refractivity (Wildman–Crippen MR) is 83.6 cm³/mol. The van der Waals surface area contributed by atoms with Crippen molar-refractivity contribution in [2.24, 2.45) is 0 Å². The molecular formula is C17H22N2O2. The second-order valence-electron chi connectivity index (χ2n) is 5.98. The van der Waals surface area contributed by atoms with Gasteiger partial charge in [0.2, 0.25) is 0 Å². The molecule has 1 saturated heterocycles. The van der Waals surface area contributed by atoms with Crippen molar-refractivity contribution in [3.63, 3.8) is 0 Å². The first-order valence-electron chi connectivity index (χ1n) is 7.61. The number of benzene rings is 1. The van der Waals surface area contributed by atoms with Gasteiger partial charge in [0.25, 0.3) is 0 Å². The monoisotopic (exact) mass is 286 g/mol. The molecule has 0 spiro atoms. The number of Topliss-reactive ketones (excluding diaryl/α,β-unsaturated/α-hetero) is 1. The van der Waals surface area contributed by atoms with E-state index in [0.717, 1.165) is 48.1 Å². The Kier molecular flexibility index (Phi) is 3.83. The van der Waals surface area contributed by atoms with Crippen molar-refractivity contribution in [2.75, 3.05) is 13.1 Å². The number of fused-ring (bicyclic) bond motifs is 1. The Labute approximate surface area is 124 Å². The Morgan fingerprint density at radius 3 is 2.71 bits per heavy atom. The number of carbonyl (C=O) groups is 1. The Balaban J connectivity index is 1.88. The molecule has 4 nitrogen and oxygen atoms in total. The Morgan fingerprint density at radius 1 is 1.33 bits per heavy atom. The molecule has 1 fully saturated rings.